The number of carbonyl (C=O) groups is 2. The second-order valence-corrected chi connectivity index (χ2v) is 3.95. The summed E-state index contributed by atoms with van der Waals surface area (Å²) >= 11 is 0. The fraction of sp³-hybridized carbons (Fsp3) is 0.143. The fourth-order valence-corrected chi connectivity index (χ4v) is 2.11. The number of methoxy groups -OCH3 is 2. The second-order valence-electron chi connectivity index (χ2n) is 3.95. The number of fused-ring (bicyclic) bond motifs is 1. The first kappa shape index (κ1) is 14.1. The Hall–Kier alpha value is -3.32. The van der Waals surface area contributed by atoms with Crippen molar-refractivity contribution >= 4 is 17.5 Å². The van der Waals surface area contributed by atoms with Crippen LogP contribution in [0.2, 0.25) is 0 Å². The number of aromatic nitrogens is 1. The van der Waals surface area contributed by atoms with E-state index in [1.807, 2.05) is 12.1 Å². The molecule has 0 aromatic carbocycles. The van der Waals surface area contributed by atoms with Crippen LogP contribution in [0.25, 0.3) is 5.52 Å². The monoisotopic (exact) mass is 283 g/mol. The molecule has 0 saturated heterocycles. The molecule has 2 aromatic rings. The molecule has 2 rings (SSSR count). The van der Waals surface area contributed by atoms with Crippen LogP contribution in [0.3, 0.4) is 0 Å². The minimum atomic E-state index is -0.848. The van der Waals surface area contributed by atoms with E-state index in [1.165, 1.54) is 22.7 Å². The van der Waals surface area contributed by atoms with Crippen LogP contribution >= 0.6 is 0 Å². The summed E-state index contributed by atoms with van der Waals surface area (Å²) in [4.78, 5) is 23.9. The summed E-state index contributed by atoms with van der Waals surface area (Å²) in [7, 11) is 2.28. The van der Waals surface area contributed by atoms with Gasteiger partial charge in [-0.15, -0.1) is 0 Å². The minimum Gasteiger partial charge on any atom is -0.465 e. The molecule has 0 aliphatic heterocycles. The van der Waals surface area contributed by atoms with Gasteiger partial charge in [0.2, 0.25) is 0 Å². The maximum absolute atomic E-state index is 12.0. The number of hydrogen-bond acceptors (Lipinski definition) is 6. The van der Waals surface area contributed by atoms with E-state index in [2.05, 4.69) is 9.47 Å². The standard InChI is InChI=1S/C14H9N3O4/c1-20-13(18)10-9(7-16)17-5-3-4-8(6-15)12(17)11(10)14(19)21-2/h3-5H,1-2H3. The molecule has 2 aromatic heterocycles. The van der Waals surface area contributed by atoms with Crippen molar-refractivity contribution in [3.63, 3.8) is 0 Å². The summed E-state index contributed by atoms with van der Waals surface area (Å²) in [6.07, 6.45) is 1.48. The van der Waals surface area contributed by atoms with Gasteiger partial charge < -0.3 is 13.9 Å². The molecular formula is C14H9N3O4. The van der Waals surface area contributed by atoms with Gasteiger partial charge in [-0.05, 0) is 12.1 Å². The lowest BCUT2D eigenvalue weighted by Crippen LogP contribution is -2.11. The smallest absolute Gasteiger partial charge is 0.341 e. The van der Waals surface area contributed by atoms with Crippen LogP contribution in [0.4, 0.5) is 0 Å². The highest BCUT2D eigenvalue weighted by atomic mass is 16.5. The third-order valence-corrected chi connectivity index (χ3v) is 2.96. The van der Waals surface area contributed by atoms with Crippen molar-refractivity contribution in [1.82, 2.24) is 4.40 Å². The number of nitriles is 2. The summed E-state index contributed by atoms with van der Waals surface area (Å²) in [6, 6.07) is 6.78. The predicted molar refractivity (Wildman–Crippen MR) is 69.5 cm³/mol. The van der Waals surface area contributed by atoms with Gasteiger partial charge >= 0.3 is 11.9 Å². The number of rotatable bonds is 2. The topological polar surface area (TPSA) is 105 Å². The van der Waals surface area contributed by atoms with E-state index < -0.39 is 11.9 Å². The van der Waals surface area contributed by atoms with Crippen molar-refractivity contribution in [2.75, 3.05) is 14.2 Å². The van der Waals surface area contributed by atoms with Crippen LogP contribution in [0.5, 0.6) is 0 Å². The van der Waals surface area contributed by atoms with E-state index in [-0.39, 0.29) is 27.9 Å². The van der Waals surface area contributed by atoms with Crippen molar-refractivity contribution in [3.05, 3.63) is 40.7 Å². The first-order valence-electron chi connectivity index (χ1n) is 5.74. The summed E-state index contributed by atoms with van der Waals surface area (Å²) in [6.45, 7) is 0. The molecule has 0 aliphatic rings. The predicted octanol–water partition coefficient (Wildman–Crippen LogP) is 1.26. The van der Waals surface area contributed by atoms with E-state index in [9.17, 15) is 14.9 Å². The van der Waals surface area contributed by atoms with E-state index in [0.29, 0.717) is 0 Å². The summed E-state index contributed by atoms with van der Waals surface area (Å²) in [5, 5.41) is 18.4. The molecule has 0 aliphatic carbocycles. The highest BCUT2D eigenvalue weighted by molar-refractivity contribution is 6.11. The Morgan fingerprint density at radius 3 is 2.24 bits per heavy atom. The lowest BCUT2D eigenvalue weighted by molar-refractivity contribution is 0.0557. The number of ether oxygens (including phenoxy) is 2. The van der Waals surface area contributed by atoms with Gasteiger partial charge in [0.1, 0.15) is 29.0 Å². The molecule has 0 saturated carbocycles. The Morgan fingerprint density at radius 1 is 1.10 bits per heavy atom. The molecule has 2 heterocycles. The number of carbonyl (C=O) groups excluding carboxylic acids is 2. The highest BCUT2D eigenvalue weighted by Crippen LogP contribution is 2.27. The largest absolute Gasteiger partial charge is 0.465 e. The van der Waals surface area contributed by atoms with E-state index in [1.54, 1.807) is 0 Å². The van der Waals surface area contributed by atoms with E-state index >= 15 is 0 Å². The summed E-state index contributed by atoms with van der Waals surface area (Å²) in [5.41, 5.74) is -0.171. The number of nitrogens with zero attached hydrogens (tertiary/aromatic N) is 3. The van der Waals surface area contributed by atoms with Crippen molar-refractivity contribution in [3.8, 4) is 12.1 Å². The Morgan fingerprint density at radius 2 is 1.71 bits per heavy atom. The van der Waals surface area contributed by atoms with Crippen LogP contribution in [0.15, 0.2) is 18.3 Å². The molecule has 0 unspecified atom stereocenters. The third-order valence-electron chi connectivity index (χ3n) is 2.96. The van der Waals surface area contributed by atoms with Gasteiger partial charge in [-0.1, -0.05) is 0 Å². The zero-order valence-electron chi connectivity index (χ0n) is 11.2. The maximum Gasteiger partial charge on any atom is 0.341 e. The van der Waals surface area contributed by atoms with Gasteiger partial charge in [0.15, 0.2) is 0 Å². The van der Waals surface area contributed by atoms with Gasteiger partial charge in [0.05, 0.1) is 25.3 Å². The molecule has 0 bridgehead atoms. The van der Waals surface area contributed by atoms with Crippen molar-refractivity contribution in [1.29, 1.82) is 10.5 Å². The lowest BCUT2D eigenvalue weighted by atomic mass is 10.1. The van der Waals surface area contributed by atoms with Crippen molar-refractivity contribution < 1.29 is 19.1 Å². The average Bonchev–Trinajstić information content (AvgIpc) is 2.87. The zero-order chi connectivity index (χ0) is 15.6. The van der Waals surface area contributed by atoms with E-state index in [4.69, 9.17) is 5.26 Å². The van der Waals surface area contributed by atoms with Gasteiger partial charge in [-0.2, -0.15) is 10.5 Å². The minimum absolute atomic E-state index is 0.0886. The fourth-order valence-electron chi connectivity index (χ4n) is 2.11. The molecule has 104 valence electrons. The second kappa shape index (κ2) is 5.35. The van der Waals surface area contributed by atoms with Crippen LogP contribution < -0.4 is 0 Å². The van der Waals surface area contributed by atoms with Gasteiger partial charge in [0, 0.05) is 6.20 Å². The maximum atomic E-state index is 12.0. The molecule has 7 nitrogen and oxygen atoms in total. The molecular weight excluding hydrogens is 274 g/mol. The normalized spacial score (nSPS) is 9.71. The van der Waals surface area contributed by atoms with Crippen molar-refractivity contribution in [2.24, 2.45) is 0 Å². The first-order valence-corrected chi connectivity index (χ1v) is 5.74. The number of hydrogen-bond donors (Lipinski definition) is 0. The SMILES string of the molecule is COC(=O)c1c(C(=O)OC)c2c(C#N)cccn2c1C#N. The Labute approximate surface area is 119 Å². The summed E-state index contributed by atoms with van der Waals surface area (Å²) in [5.74, 6) is -1.67. The highest BCUT2D eigenvalue weighted by Gasteiger charge is 2.30. The quantitative estimate of drug-likeness (QED) is 0.768. The van der Waals surface area contributed by atoms with Gasteiger partial charge in [-0.25, -0.2) is 9.59 Å². The van der Waals surface area contributed by atoms with Gasteiger partial charge in [0.25, 0.3) is 0 Å². The van der Waals surface area contributed by atoms with Crippen molar-refractivity contribution in [2.45, 2.75) is 0 Å². The van der Waals surface area contributed by atoms with Crippen LogP contribution in [-0.2, 0) is 9.47 Å². The zero-order valence-corrected chi connectivity index (χ0v) is 11.2. The molecule has 0 radical (unpaired) electrons. The van der Waals surface area contributed by atoms with Crippen LogP contribution in [0.1, 0.15) is 32.0 Å². The average molecular weight is 283 g/mol. The van der Waals surface area contributed by atoms with Crippen LogP contribution in [0, 0.1) is 22.7 Å². The third kappa shape index (κ3) is 1.97. The first-order chi connectivity index (χ1) is 10.1. The number of esters is 2. The van der Waals surface area contributed by atoms with Gasteiger partial charge in [-0.3, -0.25) is 0 Å². The molecule has 0 fully saturated rings. The van der Waals surface area contributed by atoms with Crippen LogP contribution in [-0.4, -0.2) is 30.6 Å². The molecule has 0 spiro atoms. The molecule has 7 heteroatoms. The molecule has 21 heavy (non-hydrogen) atoms. The summed E-state index contributed by atoms with van der Waals surface area (Å²) < 4.78 is 10.6. The lowest BCUT2D eigenvalue weighted by Gasteiger charge is -2.02. The Balaban J connectivity index is 3.07. The molecule has 0 N–H and O–H groups in total. The molecule has 0 amide bonds. The Bertz CT molecular complexity index is 836. The molecule has 0 atom stereocenters. The van der Waals surface area contributed by atoms with E-state index in [0.717, 1.165) is 14.2 Å². The number of pyridine rings is 1. The Kier molecular flexibility index (Phi) is 3.59.